The van der Waals surface area contributed by atoms with Gasteiger partial charge in [0.05, 0.1) is 5.69 Å². The molecule has 0 saturated carbocycles. The lowest BCUT2D eigenvalue weighted by Gasteiger charge is -2.33. The molecular weight excluding hydrogens is 370 g/mol. The van der Waals surface area contributed by atoms with Gasteiger partial charge in [0.25, 0.3) is 0 Å². The van der Waals surface area contributed by atoms with Crippen molar-refractivity contribution < 1.29 is 14.3 Å². The Morgan fingerprint density at radius 1 is 1.14 bits per heavy atom. The second-order valence-electron chi connectivity index (χ2n) is 8.06. The molecule has 0 aliphatic carbocycles. The van der Waals surface area contributed by atoms with Crippen LogP contribution in [0.2, 0.25) is 0 Å². The van der Waals surface area contributed by atoms with E-state index in [0.717, 1.165) is 79.7 Å². The summed E-state index contributed by atoms with van der Waals surface area (Å²) in [5.41, 5.74) is 4.12. The van der Waals surface area contributed by atoms with Gasteiger partial charge < -0.3 is 24.2 Å². The van der Waals surface area contributed by atoms with E-state index in [1.54, 1.807) is 0 Å². The molecule has 1 fully saturated rings. The Morgan fingerprint density at radius 3 is 2.83 bits per heavy atom. The van der Waals surface area contributed by atoms with Crippen LogP contribution in [0.15, 0.2) is 18.2 Å². The minimum Gasteiger partial charge on any atom is -0.454 e. The zero-order chi connectivity index (χ0) is 19.8. The maximum Gasteiger partial charge on any atom is 0.231 e. The van der Waals surface area contributed by atoms with Crippen LogP contribution in [0.25, 0.3) is 11.3 Å². The van der Waals surface area contributed by atoms with Gasteiger partial charge in [-0.1, -0.05) is 0 Å². The quantitative estimate of drug-likeness (QED) is 0.839. The summed E-state index contributed by atoms with van der Waals surface area (Å²) < 4.78 is 10.9. The summed E-state index contributed by atoms with van der Waals surface area (Å²) in [4.78, 5) is 19.6. The van der Waals surface area contributed by atoms with Gasteiger partial charge in [0.1, 0.15) is 0 Å². The fraction of sp³-hybridized carbons (Fsp3) is 0.524. The Bertz CT molecular complexity index is 904. The van der Waals surface area contributed by atoms with Gasteiger partial charge in [-0.05, 0) is 25.2 Å². The zero-order valence-corrected chi connectivity index (χ0v) is 16.8. The number of amides is 1. The fourth-order valence-corrected chi connectivity index (χ4v) is 4.27. The highest BCUT2D eigenvalue weighted by Crippen LogP contribution is 2.37. The summed E-state index contributed by atoms with van der Waals surface area (Å²) in [5.74, 6) is 1.74. The molecule has 3 aliphatic rings. The molecular formula is C21H27N5O3. The number of aromatic nitrogens is 2. The molecule has 0 unspecified atom stereocenters. The Labute approximate surface area is 170 Å². The molecule has 0 bridgehead atoms. The molecule has 8 nitrogen and oxygen atoms in total. The molecule has 1 aromatic heterocycles. The Kier molecular flexibility index (Phi) is 4.89. The number of nitrogens with one attached hydrogen (secondary N) is 1. The largest absolute Gasteiger partial charge is 0.454 e. The average Bonchev–Trinajstić information content (AvgIpc) is 3.38. The predicted octanol–water partition coefficient (Wildman–Crippen LogP) is 1.33. The molecule has 4 heterocycles. The zero-order valence-electron chi connectivity index (χ0n) is 16.8. The van der Waals surface area contributed by atoms with Gasteiger partial charge in [0.2, 0.25) is 12.7 Å². The number of hydrogen-bond donors (Lipinski definition) is 1. The highest BCUT2D eigenvalue weighted by molar-refractivity contribution is 5.77. The molecule has 0 radical (unpaired) electrons. The lowest BCUT2D eigenvalue weighted by Crippen LogP contribution is -2.46. The van der Waals surface area contributed by atoms with Crippen LogP contribution in [-0.2, 0) is 17.8 Å². The Hall–Kier alpha value is -2.58. The second kappa shape index (κ2) is 7.68. The van der Waals surface area contributed by atoms with Crippen LogP contribution < -0.4 is 9.47 Å². The van der Waals surface area contributed by atoms with Crippen molar-refractivity contribution in [2.45, 2.75) is 19.4 Å². The van der Waals surface area contributed by atoms with Gasteiger partial charge in [0.15, 0.2) is 11.5 Å². The van der Waals surface area contributed by atoms with E-state index >= 15 is 0 Å². The van der Waals surface area contributed by atoms with E-state index in [4.69, 9.17) is 9.47 Å². The molecule has 1 aromatic carbocycles. The summed E-state index contributed by atoms with van der Waals surface area (Å²) in [6.07, 6.45) is 1.39. The number of benzene rings is 1. The number of likely N-dealkylation sites (N-methyl/N-ethyl adjacent to an activating group) is 1. The van der Waals surface area contributed by atoms with E-state index in [1.807, 2.05) is 23.1 Å². The average molecular weight is 397 g/mol. The van der Waals surface area contributed by atoms with Gasteiger partial charge in [-0.25, -0.2) is 0 Å². The van der Waals surface area contributed by atoms with E-state index in [1.165, 1.54) is 0 Å². The van der Waals surface area contributed by atoms with Crippen LogP contribution in [0.1, 0.15) is 17.7 Å². The van der Waals surface area contributed by atoms with Crippen LogP contribution in [-0.4, -0.2) is 83.9 Å². The van der Waals surface area contributed by atoms with Crippen LogP contribution in [0.5, 0.6) is 11.5 Å². The third kappa shape index (κ3) is 3.70. The van der Waals surface area contributed by atoms with Crippen LogP contribution in [0.3, 0.4) is 0 Å². The van der Waals surface area contributed by atoms with Gasteiger partial charge in [0, 0.05) is 75.5 Å². The monoisotopic (exact) mass is 397 g/mol. The van der Waals surface area contributed by atoms with E-state index in [0.29, 0.717) is 13.0 Å². The van der Waals surface area contributed by atoms with E-state index in [-0.39, 0.29) is 12.7 Å². The van der Waals surface area contributed by atoms with Crippen LogP contribution >= 0.6 is 0 Å². The van der Waals surface area contributed by atoms with Crippen LogP contribution in [0.4, 0.5) is 0 Å². The SMILES string of the molecule is CN1CCN(CCC(=O)N2CCc3[nH]nc(-c4ccc5c(c4)OCO5)c3C2)CC1. The number of ether oxygens (including phenoxy) is 2. The molecule has 8 heteroatoms. The van der Waals surface area contributed by atoms with E-state index < -0.39 is 0 Å². The first-order valence-electron chi connectivity index (χ1n) is 10.3. The summed E-state index contributed by atoms with van der Waals surface area (Å²) in [7, 11) is 2.15. The molecule has 29 heavy (non-hydrogen) atoms. The maximum atomic E-state index is 12.9. The van der Waals surface area contributed by atoms with E-state index in [9.17, 15) is 4.79 Å². The van der Waals surface area contributed by atoms with Gasteiger partial charge >= 0.3 is 0 Å². The normalized spacial score (nSPS) is 19.4. The number of nitrogens with zero attached hydrogens (tertiary/aromatic N) is 4. The van der Waals surface area contributed by atoms with Gasteiger partial charge in [-0.2, -0.15) is 5.10 Å². The Morgan fingerprint density at radius 2 is 1.97 bits per heavy atom. The third-order valence-corrected chi connectivity index (χ3v) is 6.17. The number of carbonyl (C=O) groups is 1. The minimum absolute atomic E-state index is 0.229. The predicted molar refractivity (Wildman–Crippen MR) is 108 cm³/mol. The first-order valence-corrected chi connectivity index (χ1v) is 10.3. The van der Waals surface area contributed by atoms with E-state index in [2.05, 4.69) is 27.0 Å². The highest BCUT2D eigenvalue weighted by atomic mass is 16.7. The third-order valence-electron chi connectivity index (χ3n) is 6.17. The number of aromatic amines is 1. The minimum atomic E-state index is 0.229. The molecule has 1 N–H and O–H groups in total. The molecule has 0 spiro atoms. The lowest BCUT2D eigenvalue weighted by atomic mass is 10.0. The first-order chi connectivity index (χ1) is 14.2. The molecule has 5 rings (SSSR count). The van der Waals surface area contributed by atoms with Crippen molar-refractivity contribution in [3.05, 3.63) is 29.5 Å². The molecule has 0 atom stereocenters. The van der Waals surface area contributed by atoms with Gasteiger partial charge in [-0.15, -0.1) is 0 Å². The summed E-state index contributed by atoms with van der Waals surface area (Å²) >= 11 is 0. The Balaban J connectivity index is 1.26. The number of hydrogen-bond acceptors (Lipinski definition) is 6. The van der Waals surface area contributed by atoms with Crippen molar-refractivity contribution in [2.75, 3.05) is 53.1 Å². The number of carbonyl (C=O) groups excluding carboxylic acids is 1. The molecule has 1 amide bonds. The topological polar surface area (TPSA) is 73.9 Å². The molecule has 3 aliphatic heterocycles. The summed E-state index contributed by atoms with van der Waals surface area (Å²) in [6, 6.07) is 5.88. The van der Waals surface area contributed by atoms with Crippen molar-refractivity contribution in [3.8, 4) is 22.8 Å². The van der Waals surface area contributed by atoms with Crippen molar-refractivity contribution in [2.24, 2.45) is 0 Å². The van der Waals surface area contributed by atoms with Crippen molar-refractivity contribution in [3.63, 3.8) is 0 Å². The number of rotatable bonds is 4. The number of piperazine rings is 1. The smallest absolute Gasteiger partial charge is 0.231 e. The van der Waals surface area contributed by atoms with Gasteiger partial charge in [-0.3, -0.25) is 9.89 Å². The summed E-state index contributed by atoms with van der Waals surface area (Å²) in [5, 5.41) is 7.71. The van der Waals surface area contributed by atoms with Crippen molar-refractivity contribution >= 4 is 5.91 Å². The van der Waals surface area contributed by atoms with Crippen molar-refractivity contribution in [1.29, 1.82) is 0 Å². The molecule has 154 valence electrons. The van der Waals surface area contributed by atoms with Crippen molar-refractivity contribution in [1.82, 2.24) is 24.9 Å². The number of fused-ring (bicyclic) bond motifs is 2. The molecule has 1 saturated heterocycles. The second-order valence-corrected chi connectivity index (χ2v) is 8.06. The lowest BCUT2D eigenvalue weighted by molar-refractivity contribution is -0.132. The van der Waals surface area contributed by atoms with Crippen LogP contribution in [0, 0.1) is 0 Å². The highest BCUT2D eigenvalue weighted by Gasteiger charge is 2.27. The maximum absolute atomic E-state index is 12.9. The summed E-state index contributed by atoms with van der Waals surface area (Å²) in [6.45, 7) is 6.70. The number of H-pyrrole nitrogens is 1. The standard InChI is InChI=1S/C21H27N5O3/c1-24-8-10-25(11-9-24)6-5-20(27)26-7-4-17-16(13-26)21(23-22-17)15-2-3-18-19(12-15)29-14-28-18/h2-3,12H,4-11,13-14H2,1H3,(H,22,23). The fourth-order valence-electron chi connectivity index (χ4n) is 4.27. The first kappa shape index (κ1) is 18.4. The molecule has 2 aromatic rings.